The second kappa shape index (κ2) is 28.4. The van der Waals surface area contributed by atoms with Gasteiger partial charge in [0.15, 0.2) is 0 Å². The van der Waals surface area contributed by atoms with Gasteiger partial charge in [-0.1, -0.05) is 12.2 Å². The summed E-state index contributed by atoms with van der Waals surface area (Å²) in [5, 5.41) is 11.7. The molecule has 0 aliphatic rings. The lowest BCUT2D eigenvalue weighted by Gasteiger charge is -2.29. The van der Waals surface area contributed by atoms with Crippen molar-refractivity contribution in [1.29, 1.82) is 0 Å². The van der Waals surface area contributed by atoms with Crippen LogP contribution in [0.3, 0.4) is 0 Å². The first kappa shape index (κ1) is 54.7. The molecular weight excluding hydrogens is 851 g/mol. The number of methoxy groups -OCH3 is 1. The second-order valence-electron chi connectivity index (χ2n) is 14.3. The number of aldehydes is 1. The number of hydrogen-bond donors (Lipinski definition) is 7. The normalized spacial score (nSPS) is 11.3. The van der Waals surface area contributed by atoms with E-state index >= 15 is 0 Å². The lowest BCUT2D eigenvalue weighted by Crippen LogP contribution is -2.41. The number of anilines is 2. The molecule has 0 atom stereocenters. The van der Waals surface area contributed by atoms with E-state index in [4.69, 9.17) is 38.3 Å². The highest BCUT2D eigenvalue weighted by Crippen LogP contribution is 2.41. The number of carbonyl (C=O) groups is 5. The Morgan fingerprint density at radius 3 is 1.91 bits per heavy atom. The molecule has 12 N–H and O–H groups in total. The zero-order valence-corrected chi connectivity index (χ0v) is 38.7. The first-order valence-electron chi connectivity index (χ1n) is 20.9. The monoisotopic (exact) mass is 916 g/mol. The number of aliphatic imine (C=N–C) groups is 3. The fourth-order valence-corrected chi connectivity index (χ4v) is 6.09. The molecule has 0 fully saturated rings. The third-order valence-electron chi connectivity index (χ3n) is 9.12. The minimum atomic E-state index is -0.734. The number of carbonyl (C=O) groups excluding carboxylic acids is 5. The van der Waals surface area contributed by atoms with Crippen LogP contribution in [0.5, 0.6) is 11.5 Å². The second-order valence-corrected chi connectivity index (χ2v) is 14.3. The van der Waals surface area contributed by atoms with Gasteiger partial charge in [-0.15, -0.1) is 0 Å². The number of likely N-dealkylation sites (N-methyl/N-ethyl adjacent to an activating group) is 1. The van der Waals surface area contributed by atoms with E-state index in [1.165, 1.54) is 37.5 Å². The van der Waals surface area contributed by atoms with Crippen molar-refractivity contribution in [3.8, 4) is 11.5 Å². The molecule has 66 heavy (non-hydrogen) atoms. The van der Waals surface area contributed by atoms with Crippen LogP contribution in [0.4, 0.5) is 22.7 Å². The van der Waals surface area contributed by atoms with Gasteiger partial charge in [-0.2, -0.15) is 5.10 Å². The Labute approximate surface area is 385 Å². The van der Waals surface area contributed by atoms with E-state index in [1.54, 1.807) is 65.5 Å². The summed E-state index contributed by atoms with van der Waals surface area (Å²) in [6.07, 6.45) is 6.44. The number of benzene rings is 2. The summed E-state index contributed by atoms with van der Waals surface area (Å²) in [7, 11) is 3.21. The fourth-order valence-electron chi connectivity index (χ4n) is 6.09. The number of nitrogens with one attached hydrogen (secondary N) is 2. The lowest BCUT2D eigenvalue weighted by atomic mass is 10.1. The van der Waals surface area contributed by atoms with Gasteiger partial charge in [0.1, 0.15) is 40.6 Å². The largest absolute Gasteiger partial charge is 0.494 e. The van der Waals surface area contributed by atoms with E-state index in [1.807, 2.05) is 6.92 Å². The predicted molar refractivity (Wildman–Crippen MR) is 259 cm³/mol. The molecule has 0 bridgehead atoms. The number of aromatic nitrogens is 2. The van der Waals surface area contributed by atoms with E-state index in [9.17, 15) is 24.0 Å². The molecule has 0 saturated carbocycles. The van der Waals surface area contributed by atoms with E-state index in [2.05, 4.69) is 44.1 Å². The summed E-state index contributed by atoms with van der Waals surface area (Å²) in [6, 6.07) is 7.53. The van der Waals surface area contributed by atoms with Crippen molar-refractivity contribution >= 4 is 71.8 Å². The molecule has 22 heteroatoms. The number of nitrogens with zero attached hydrogens (tertiary/aromatic N) is 8. The molecule has 0 unspecified atom stereocenters. The maximum absolute atomic E-state index is 13.5. The van der Waals surface area contributed by atoms with Gasteiger partial charge in [0.2, 0.25) is 11.8 Å². The highest BCUT2D eigenvalue weighted by molar-refractivity contribution is 6.43. The summed E-state index contributed by atoms with van der Waals surface area (Å²) in [5.41, 5.74) is 25.3. The first-order valence-corrected chi connectivity index (χ1v) is 20.9. The predicted octanol–water partition coefficient (Wildman–Crippen LogP) is 1.84. The van der Waals surface area contributed by atoms with Crippen LogP contribution < -0.4 is 58.7 Å². The van der Waals surface area contributed by atoms with Gasteiger partial charge in [0, 0.05) is 69.6 Å². The molecule has 0 saturated heterocycles. The highest BCUT2D eigenvalue weighted by Gasteiger charge is 2.23. The summed E-state index contributed by atoms with van der Waals surface area (Å²) >= 11 is 0. The van der Waals surface area contributed by atoms with E-state index < -0.39 is 17.7 Å². The molecule has 0 aliphatic heterocycles. The van der Waals surface area contributed by atoms with Crippen molar-refractivity contribution in [3.05, 3.63) is 76.8 Å². The Balaban J connectivity index is 0.00000233. The zero-order valence-electron chi connectivity index (χ0n) is 38.7. The van der Waals surface area contributed by atoms with Crippen molar-refractivity contribution in [2.45, 2.75) is 47.1 Å². The van der Waals surface area contributed by atoms with Crippen LogP contribution in [0, 0.1) is 6.92 Å². The van der Waals surface area contributed by atoms with Crippen LogP contribution in [0.15, 0.2) is 69.2 Å². The molecule has 22 nitrogen and oxygen atoms in total. The van der Waals surface area contributed by atoms with Crippen molar-refractivity contribution < 1.29 is 33.4 Å². The van der Waals surface area contributed by atoms with E-state index in [-0.39, 0.29) is 85.1 Å². The Morgan fingerprint density at radius 1 is 0.894 bits per heavy atom. The van der Waals surface area contributed by atoms with Gasteiger partial charge in [0.05, 0.1) is 44.1 Å². The highest BCUT2D eigenvalue weighted by atomic mass is 16.5. The first-order chi connectivity index (χ1) is 31.5. The molecule has 3 aromatic rings. The van der Waals surface area contributed by atoms with Crippen molar-refractivity contribution in [2.75, 3.05) is 76.6 Å². The van der Waals surface area contributed by atoms with E-state index in [0.717, 1.165) is 12.8 Å². The summed E-state index contributed by atoms with van der Waals surface area (Å²) in [5.74, 6) is 3.27. The number of aryl methyl sites for hydroxylation is 2. The number of hydrogen-bond acceptors (Lipinski definition) is 17. The molecule has 2 aromatic carbocycles. The number of amides is 4. The van der Waals surface area contributed by atoms with Gasteiger partial charge < -0.3 is 57.6 Å². The molecule has 1 aromatic heterocycles. The van der Waals surface area contributed by atoms with Gasteiger partial charge in [-0.05, 0) is 84.0 Å². The summed E-state index contributed by atoms with van der Waals surface area (Å²) in [6.45, 7) is 16.9. The van der Waals surface area contributed by atoms with Gasteiger partial charge in [-0.25, -0.2) is 5.01 Å². The Morgan fingerprint density at radius 2 is 1.45 bits per heavy atom. The number of allylic oxidation sites excluding steroid dienone is 1. The number of ether oxygens (including phenoxy) is 2. The van der Waals surface area contributed by atoms with Crippen molar-refractivity contribution in [3.63, 3.8) is 0 Å². The number of nitrogens with two attached hydrogens (primary N) is 5. The minimum Gasteiger partial charge on any atom is -0.494 e. The smallest absolute Gasteiger partial charge is 0.270 e. The Kier molecular flexibility index (Phi) is 23.5. The maximum atomic E-state index is 13.5. The van der Waals surface area contributed by atoms with Crippen LogP contribution in [0.1, 0.15) is 70.5 Å². The average Bonchev–Trinajstić information content (AvgIpc) is 3.68. The number of rotatable bonds is 27. The summed E-state index contributed by atoms with van der Waals surface area (Å²) in [4.78, 5) is 78.5. The van der Waals surface area contributed by atoms with Crippen molar-refractivity contribution in [1.82, 2.24) is 25.4 Å². The Bertz CT molecular complexity index is 2250. The number of hydrazine groups is 1. The molecular formula is C44H65N15O7. The third kappa shape index (κ3) is 16.9. The number of primary amides is 2. The summed E-state index contributed by atoms with van der Waals surface area (Å²) < 4.78 is 13.4. The van der Waals surface area contributed by atoms with Crippen molar-refractivity contribution in [2.24, 2.45) is 43.8 Å². The van der Waals surface area contributed by atoms with Gasteiger partial charge >= 0.3 is 0 Å². The molecule has 4 amide bonds. The fraction of sp³-hybridized carbons (Fsp3) is 0.386. The van der Waals surface area contributed by atoms with E-state index in [0.29, 0.717) is 54.5 Å². The average molecular weight is 916 g/mol. The quantitative estimate of drug-likeness (QED) is 0.0109. The zero-order chi connectivity index (χ0) is 49.3. The van der Waals surface area contributed by atoms with Crippen LogP contribution >= 0.6 is 0 Å². The van der Waals surface area contributed by atoms with Gasteiger partial charge in [0.25, 0.3) is 11.8 Å². The minimum absolute atomic E-state index is 0.0583. The maximum Gasteiger partial charge on any atom is 0.270 e. The SMILES string of the molecule is C=Nc1cc(C(N)=O)cc(OC)c1N(C/C=C/CN(CNC(=O)C(/C=C(/C)N)=NCC)c1c(N=C)cc(C(N)=O)cc1OCCCC=O)CNC(=O)c1cc(C)nn1CC.CN(N)CCN. The molecule has 1 heterocycles. The molecule has 3 rings (SSSR count). The van der Waals surface area contributed by atoms with Gasteiger partial charge in [-0.3, -0.25) is 44.7 Å². The molecule has 0 aliphatic carbocycles. The molecule has 0 spiro atoms. The number of unbranched alkanes of at least 4 members (excludes halogenated alkanes) is 1. The van der Waals surface area contributed by atoms with Crippen LogP contribution in [0.25, 0.3) is 0 Å². The lowest BCUT2D eigenvalue weighted by molar-refractivity contribution is -0.114. The molecule has 358 valence electrons. The van der Waals surface area contributed by atoms with Crippen LogP contribution in [0.2, 0.25) is 0 Å². The standard InChI is InChI=1S/C41H54N12O7.C3H11N3/c1-8-47-32(18-26(3)42)40(57)48-24-52(37-31(46-6)21-29(39(44)56)23-35(37)60-17-13-12-16-54)15-11-10-14-51(25-49-41(58)33-19-27(4)50-53(33)9-2)36-30(45-5)20-28(38(43)55)22-34(36)59-7;1-6(5)3-2-4/h10-11,16,18-23H,5-6,8-9,12-15,17,24-25,42H2,1-4,7H3,(H2,43,55)(H2,44,56)(H,48,57)(H,49,58);2-5H2,1H3/b11-10+,26-18-,47-32?;. The molecule has 0 radical (unpaired) electrons. The topological polar surface area (TPSA) is 323 Å². The van der Waals surface area contributed by atoms with Crippen LogP contribution in [-0.4, -0.2) is 131 Å². The van der Waals surface area contributed by atoms with Crippen LogP contribution in [-0.2, 0) is 16.1 Å². The third-order valence-corrected chi connectivity index (χ3v) is 9.12. The Hall–Kier alpha value is -7.43.